The summed E-state index contributed by atoms with van der Waals surface area (Å²) in [5, 5.41) is 0. The lowest BCUT2D eigenvalue weighted by Crippen LogP contribution is -2.53. The number of anilines is 1. The Bertz CT molecular complexity index is 993. The number of rotatable bonds is 3. The van der Waals surface area contributed by atoms with Gasteiger partial charge in [-0.1, -0.05) is 17.7 Å². The molecule has 2 aromatic rings. The molecule has 3 fully saturated rings. The van der Waals surface area contributed by atoms with Gasteiger partial charge >= 0.3 is 0 Å². The number of amides is 2. The van der Waals surface area contributed by atoms with Gasteiger partial charge in [0.1, 0.15) is 0 Å². The van der Waals surface area contributed by atoms with Gasteiger partial charge < -0.3 is 19.4 Å². The van der Waals surface area contributed by atoms with Crippen molar-refractivity contribution in [3.8, 4) is 0 Å². The summed E-state index contributed by atoms with van der Waals surface area (Å²) < 4.78 is 5.49. The maximum atomic E-state index is 14.0. The molecule has 1 aromatic heterocycles. The number of hydrogen-bond donors (Lipinski definition) is 0. The molecule has 8 heteroatoms. The quantitative estimate of drug-likeness (QED) is 0.713. The zero-order valence-electron chi connectivity index (χ0n) is 19.2. The standard InChI is InChI=1S/C25H31N5O3/c1-19-4-6-20(7-5-19)22(31)29-11-2-8-25(23(32)28-12-14-33-15-13-28)18-30(17-21(25)16-29)24-26-9-3-10-27-24/h3-7,9-10,21H,2,8,11-18H2,1H3/t21-,25-/m0/s1. The van der Waals surface area contributed by atoms with Crippen LogP contribution in [0.5, 0.6) is 0 Å². The maximum absolute atomic E-state index is 14.0. The molecule has 0 saturated carbocycles. The van der Waals surface area contributed by atoms with Gasteiger partial charge in [-0.2, -0.15) is 0 Å². The minimum Gasteiger partial charge on any atom is -0.378 e. The Kier molecular flexibility index (Phi) is 6.01. The number of aryl methyl sites for hydroxylation is 1. The van der Waals surface area contributed by atoms with Crippen LogP contribution in [0.3, 0.4) is 0 Å². The minimum atomic E-state index is -0.543. The van der Waals surface area contributed by atoms with Crippen LogP contribution < -0.4 is 4.90 Å². The first kappa shape index (κ1) is 21.8. The third kappa shape index (κ3) is 4.19. The van der Waals surface area contributed by atoms with E-state index in [2.05, 4.69) is 14.9 Å². The average Bonchev–Trinajstić information content (AvgIpc) is 3.13. The Labute approximate surface area is 194 Å². The van der Waals surface area contributed by atoms with Gasteiger partial charge in [-0.25, -0.2) is 9.97 Å². The Balaban J connectivity index is 1.44. The molecule has 0 bridgehead atoms. The second-order valence-corrected chi connectivity index (χ2v) is 9.41. The van der Waals surface area contributed by atoms with E-state index in [4.69, 9.17) is 4.74 Å². The van der Waals surface area contributed by atoms with Crippen molar-refractivity contribution < 1.29 is 14.3 Å². The van der Waals surface area contributed by atoms with E-state index in [1.807, 2.05) is 41.0 Å². The smallest absolute Gasteiger partial charge is 0.253 e. The topological polar surface area (TPSA) is 78.9 Å². The first-order chi connectivity index (χ1) is 16.1. The van der Waals surface area contributed by atoms with Crippen LogP contribution in [-0.4, -0.2) is 84.1 Å². The van der Waals surface area contributed by atoms with Crippen LogP contribution in [0.2, 0.25) is 0 Å². The Morgan fingerprint density at radius 3 is 2.45 bits per heavy atom. The van der Waals surface area contributed by atoms with Crippen molar-refractivity contribution in [3.05, 3.63) is 53.9 Å². The lowest BCUT2D eigenvalue weighted by Gasteiger charge is -2.38. The molecule has 0 spiro atoms. The molecular formula is C25H31N5O3. The number of fused-ring (bicyclic) bond motifs is 1. The average molecular weight is 450 g/mol. The molecule has 4 heterocycles. The fraction of sp³-hybridized carbons (Fsp3) is 0.520. The molecule has 3 aliphatic heterocycles. The number of nitrogens with zero attached hydrogens (tertiary/aromatic N) is 5. The maximum Gasteiger partial charge on any atom is 0.253 e. The molecule has 2 amide bonds. The van der Waals surface area contributed by atoms with E-state index >= 15 is 0 Å². The second kappa shape index (κ2) is 9.09. The molecule has 0 aliphatic carbocycles. The van der Waals surface area contributed by atoms with Crippen LogP contribution >= 0.6 is 0 Å². The summed E-state index contributed by atoms with van der Waals surface area (Å²) in [6, 6.07) is 9.54. The fourth-order valence-corrected chi connectivity index (χ4v) is 5.53. The highest BCUT2D eigenvalue weighted by Crippen LogP contribution is 2.45. The van der Waals surface area contributed by atoms with E-state index in [1.165, 1.54) is 0 Å². The van der Waals surface area contributed by atoms with Gasteiger partial charge in [0, 0.05) is 63.1 Å². The van der Waals surface area contributed by atoms with Crippen molar-refractivity contribution in [2.75, 3.05) is 57.4 Å². The van der Waals surface area contributed by atoms with Gasteiger partial charge in [0.05, 0.1) is 18.6 Å². The third-order valence-corrected chi connectivity index (χ3v) is 7.33. The number of likely N-dealkylation sites (tertiary alicyclic amines) is 1. The lowest BCUT2D eigenvalue weighted by molar-refractivity contribution is -0.148. The van der Waals surface area contributed by atoms with Crippen LogP contribution in [0.25, 0.3) is 0 Å². The Morgan fingerprint density at radius 2 is 1.73 bits per heavy atom. The molecule has 3 aliphatic rings. The molecular weight excluding hydrogens is 418 g/mol. The molecule has 3 saturated heterocycles. The van der Waals surface area contributed by atoms with E-state index in [0.29, 0.717) is 64.0 Å². The number of benzene rings is 1. The zero-order valence-corrected chi connectivity index (χ0v) is 19.2. The number of morpholine rings is 1. The highest BCUT2D eigenvalue weighted by atomic mass is 16.5. The SMILES string of the molecule is Cc1ccc(C(=O)N2CCC[C@]3(C(=O)N4CCOCC4)CN(c4ncccn4)C[C@@H]3C2)cc1. The van der Waals surface area contributed by atoms with Crippen LogP contribution in [-0.2, 0) is 9.53 Å². The highest BCUT2D eigenvalue weighted by Gasteiger charge is 2.55. The van der Waals surface area contributed by atoms with Gasteiger partial charge in [-0.15, -0.1) is 0 Å². The first-order valence-electron chi connectivity index (χ1n) is 11.8. The summed E-state index contributed by atoms with van der Waals surface area (Å²) >= 11 is 0. The Hall–Kier alpha value is -3.00. The summed E-state index contributed by atoms with van der Waals surface area (Å²) in [4.78, 5) is 42.2. The third-order valence-electron chi connectivity index (χ3n) is 7.33. The van der Waals surface area contributed by atoms with Crippen LogP contribution in [0.4, 0.5) is 5.95 Å². The molecule has 2 atom stereocenters. The molecule has 0 unspecified atom stereocenters. The monoisotopic (exact) mass is 449 g/mol. The number of hydrogen-bond acceptors (Lipinski definition) is 6. The normalized spacial score (nSPS) is 25.5. The van der Waals surface area contributed by atoms with Gasteiger partial charge in [0.15, 0.2) is 0 Å². The zero-order chi connectivity index (χ0) is 22.8. The highest BCUT2D eigenvalue weighted by molar-refractivity contribution is 5.94. The molecule has 5 rings (SSSR count). The van der Waals surface area contributed by atoms with Gasteiger partial charge in [0.25, 0.3) is 5.91 Å². The van der Waals surface area contributed by atoms with E-state index in [-0.39, 0.29) is 17.7 Å². The number of carbonyl (C=O) groups is 2. The van der Waals surface area contributed by atoms with E-state index in [1.54, 1.807) is 18.5 Å². The summed E-state index contributed by atoms with van der Waals surface area (Å²) in [6.45, 7) is 6.91. The van der Waals surface area contributed by atoms with Crippen molar-refractivity contribution in [3.63, 3.8) is 0 Å². The molecule has 1 aromatic carbocycles. The largest absolute Gasteiger partial charge is 0.378 e. The van der Waals surface area contributed by atoms with Gasteiger partial charge in [0.2, 0.25) is 11.9 Å². The summed E-state index contributed by atoms with van der Waals surface area (Å²) in [6.07, 6.45) is 5.03. The molecule has 0 radical (unpaired) electrons. The van der Waals surface area contributed by atoms with Crippen molar-refractivity contribution in [1.29, 1.82) is 0 Å². The minimum absolute atomic E-state index is 0.0218. The molecule has 8 nitrogen and oxygen atoms in total. The van der Waals surface area contributed by atoms with Crippen LogP contribution in [0, 0.1) is 18.3 Å². The molecule has 0 N–H and O–H groups in total. The summed E-state index contributed by atoms with van der Waals surface area (Å²) in [7, 11) is 0. The predicted octanol–water partition coefficient (Wildman–Crippen LogP) is 2.00. The van der Waals surface area contributed by atoms with E-state index in [9.17, 15) is 9.59 Å². The fourth-order valence-electron chi connectivity index (χ4n) is 5.53. The Morgan fingerprint density at radius 1 is 1.00 bits per heavy atom. The van der Waals surface area contributed by atoms with Crippen molar-refractivity contribution in [1.82, 2.24) is 19.8 Å². The first-order valence-corrected chi connectivity index (χ1v) is 11.8. The molecule has 33 heavy (non-hydrogen) atoms. The van der Waals surface area contributed by atoms with Crippen molar-refractivity contribution in [2.45, 2.75) is 19.8 Å². The summed E-state index contributed by atoms with van der Waals surface area (Å²) in [5.41, 5.74) is 1.29. The summed E-state index contributed by atoms with van der Waals surface area (Å²) in [5.74, 6) is 0.905. The van der Waals surface area contributed by atoms with Crippen molar-refractivity contribution in [2.24, 2.45) is 11.3 Å². The van der Waals surface area contributed by atoms with E-state index in [0.717, 1.165) is 18.4 Å². The van der Waals surface area contributed by atoms with Gasteiger partial charge in [-0.05, 0) is 38.0 Å². The lowest BCUT2D eigenvalue weighted by atomic mass is 9.73. The van der Waals surface area contributed by atoms with E-state index < -0.39 is 5.41 Å². The number of ether oxygens (including phenoxy) is 1. The number of aromatic nitrogens is 2. The van der Waals surface area contributed by atoms with Crippen LogP contribution in [0.15, 0.2) is 42.7 Å². The van der Waals surface area contributed by atoms with Crippen LogP contribution in [0.1, 0.15) is 28.8 Å². The predicted molar refractivity (Wildman–Crippen MR) is 124 cm³/mol. The molecule has 174 valence electrons. The van der Waals surface area contributed by atoms with Crippen molar-refractivity contribution >= 4 is 17.8 Å². The number of carbonyl (C=O) groups excluding carboxylic acids is 2. The van der Waals surface area contributed by atoms with Gasteiger partial charge in [-0.3, -0.25) is 9.59 Å². The second-order valence-electron chi connectivity index (χ2n) is 9.41.